The second-order valence-electron chi connectivity index (χ2n) is 9.47. The van der Waals surface area contributed by atoms with Crippen LogP contribution < -0.4 is 15.8 Å². The number of piperazine rings is 1. The summed E-state index contributed by atoms with van der Waals surface area (Å²) in [5.41, 5.74) is 5.14. The topological polar surface area (TPSA) is 114 Å². The van der Waals surface area contributed by atoms with Crippen molar-refractivity contribution < 1.29 is 19.2 Å². The smallest absolute Gasteiger partial charge is 0.243 e. The molecule has 3 atom stereocenters. The van der Waals surface area contributed by atoms with Crippen LogP contribution in [0, 0.1) is 24.6 Å². The Morgan fingerprint density at radius 3 is 2.64 bits per heavy atom. The Morgan fingerprint density at radius 2 is 1.97 bits per heavy atom. The number of nitrogens with one attached hydrogen (secondary N) is 2. The van der Waals surface area contributed by atoms with E-state index in [1.807, 2.05) is 18.9 Å². The zero-order chi connectivity index (χ0) is 24.1. The van der Waals surface area contributed by atoms with E-state index in [9.17, 15) is 14.8 Å². The first-order chi connectivity index (χ1) is 15.7. The van der Waals surface area contributed by atoms with Crippen molar-refractivity contribution in [2.75, 3.05) is 37.0 Å². The summed E-state index contributed by atoms with van der Waals surface area (Å²) < 4.78 is 15.4. The number of hydroxylamine groups is 2. The Hall–Kier alpha value is -2.53. The van der Waals surface area contributed by atoms with E-state index in [2.05, 4.69) is 32.6 Å². The maximum Gasteiger partial charge on any atom is 0.243 e. The van der Waals surface area contributed by atoms with Crippen molar-refractivity contribution in [2.45, 2.75) is 65.0 Å². The van der Waals surface area contributed by atoms with Crippen LogP contribution in [0.5, 0.6) is 0 Å². The summed E-state index contributed by atoms with van der Waals surface area (Å²) in [7, 11) is 2.04. The van der Waals surface area contributed by atoms with Gasteiger partial charge in [-0.15, -0.1) is 0 Å². The number of anilines is 2. The Kier molecular flexibility index (Phi) is 8.41. The van der Waals surface area contributed by atoms with Gasteiger partial charge in [0.25, 0.3) is 0 Å². The van der Waals surface area contributed by atoms with Crippen molar-refractivity contribution in [1.82, 2.24) is 25.4 Å². The normalized spacial score (nSPS) is 22.8. The molecule has 1 saturated heterocycles. The van der Waals surface area contributed by atoms with E-state index in [-0.39, 0.29) is 36.7 Å². The molecule has 2 aliphatic rings. The van der Waals surface area contributed by atoms with Crippen LogP contribution in [-0.4, -0.2) is 76.2 Å². The van der Waals surface area contributed by atoms with Gasteiger partial charge in [-0.25, -0.2) is 15.0 Å². The lowest BCUT2D eigenvalue weighted by Gasteiger charge is -2.43. The maximum atomic E-state index is 15.4. The average molecular weight is 466 g/mol. The van der Waals surface area contributed by atoms with E-state index in [0.29, 0.717) is 29.8 Å². The number of halogens is 1. The average Bonchev–Trinajstić information content (AvgIpc) is 3.29. The fourth-order valence-corrected chi connectivity index (χ4v) is 4.82. The van der Waals surface area contributed by atoms with Crippen LogP contribution in [-0.2, 0) is 9.59 Å². The van der Waals surface area contributed by atoms with Gasteiger partial charge in [0, 0.05) is 25.2 Å². The van der Waals surface area contributed by atoms with Crippen molar-refractivity contribution in [2.24, 2.45) is 11.8 Å². The highest BCUT2D eigenvalue weighted by molar-refractivity contribution is 5.80. The summed E-state index contributed by atoms with van der Waals surface area (Å²) >= 11 is 0. The van der Waals surface area contributed by atoms with E-state index in [1.54, 1.807) is 6.92 Å². The fourth-order valence-electron chi connectivity index (χ4n) is 4.82. The Bertz CT molecular complexity index is 836. The minimum atomic E-state index is -0.631. The quantitative estimate of drug-likeness (QED) is 0.288. The summed E-state index contributed by atoms with van der Waals surface area (Å²) in [6, 6.07) is 0.301. The number of hydrazine groups is 1. The van der Waals surface area contributed by atoms with Gasteiger partial charge < -0.3 is 4.90 Å². The van der Waals surface area contributed by atoms with Crippen LogP contribution in [0.3, 0.4) is 0 Å². The third kappa shape index (κ3) is 6.29. The van der Waals surface area contributed by atoms with Gasteiger partial charge in [0.15, 0.2) is 11.6 Å². The molecule has 1 aromatic rings. The van der Waals surface area contributed by atoms with E-state index in [1.165, 1.54) is 0 Å². The van der Waals surface area contributed by atoms with Crippen LogP contribution >= 0.6 is 0 Å². The molecule has 2 amide bonds. The molecule has 1 aliphatic carbocycles. The van der Waals surface area contributed by atoms with Crippen molar-refractivity contribution in [3.63, 3.8) is 0 Å². The lowest BCUT2D eigenvalue weighted by Crippen LogP contribution is -2.55. The molecule has 2 heterocycles. The molecule has 1 aliphatic heterocycles. The number of likely N-dealkylation sites (N-methyl/N-ethyl adjacent to an activating group) is 1. The largest absolute Gasteiger partial charge is 0.348 e. The van der Waals surface area contributed by atoms with Crippen LogP contribution in [0.4, 0.5) is 16.0 Å². The number of carbonyl (C=O) groups excluding carboxylic acids is 2. The Balaban J connectivity index is 1.72. The highest BCUT2D eigenvalue weighted by Crippen LogP contribution is 2.31. The van der Waals surface area contributed by atoms with E-state index in [0.717, 1.165) is 32.2 Å². The summed E-state index contributed by atoms with van der Waals surface area (Å²) in [6.07, 6.45) is 5.10. The molecule has 33 heavy (non-hydrogen) atoms. The molecule has 3 rings (SSSR count). The minimum absolute atomic E-state index is 0.0621. The second-order valence-corrected chi connectivity index (χ2v) is 9.47. The van der Waals surface area contributed by atoms with Crippen molar-refractivity contribution >= 4 is 24.0 Å². The van der Waals surface area contributed by atoms with Gasteiger partial charge in [-0.3, -0.25) is 30.5 Å². The molecule has 0 radical (unpaired) electrons. The minimum Gasteiger partial charge on any atom is -0.348 e. The van der Waals surface area contributed by atoms with Crippen molar-refractivity contribution in [1.29, 1.82) is 0 Å². The monoisotopic (exact) mass is 465 g/mol. The van der Waals surface area contributed by atoms with Crippen LogP contribution in [0.15, 0.2) is 0 Å². The molecule has 2 fully saturated rings. The van der Waals surface area contributed by atoms with Gasteiger partial charge in [0.1, 0.15) is 5.82 Å². The molecule has 0 bridgehead atoms. The van der Waals surface area contributed by atoms with Gasteiger partial charge in [0.2, 0.25) is 18.1 Å². The molecule has 3 N–H and O–H groups in total. The number of rotatable bonds is 9. The molecule has 0 unspecified atom stereocenters. The van der Waals surface area contributed by atoms with E-state index >= 15 is 4.39 Å². The lowest BCUT2D eigenvalue weighted by atomic mass is 9.92. The molecule has 1 saturated carbocycles. The number of hydrogen-bond donors (Lipinski definition) is 3. The number of aryl methyl sites for hydroxylation is 1. The Morgan fingerprint density at radius 1 is 1.27 bits per heavy atom. The first-order valence-corrected chi connectivity index (χ1v) is 11.7. The van der Waals surface area contributed by atoms with E-state index < -0.39 is 17.6 Å². The zero-order valence-electron chi connectivity index (χ0n) is 19.9. The molecular weight excluding hydrogens is 429 g/mol. The summed E-state index contributed by atoms with van der Waals surface area (Å²) in [5, 5.41) is 10.1. The first-order valence-electron chi connectivity index (χ1n) is 11.7. The van der Waals surface area contributed by atoms with Gasteiger partial charge >= 0.3 is 0 Å². The number of hydrogen-bond acceptors (Lipinski definition) is 8. The summed E-state index contributed by atoms with van der Waals surface area (Å²) in [6.45, 7) is 7.06. The molecule has 1 aromatic heterocycles. The molecular formula is C22H36FN7O3. The van der Waals surface area contributed by atoms with Crippen LogP contribution in [0.2, 0.25) is 0 Å². The van der Waals surface area contributed by atoms with Crippen molar-refractivity contribution in [3.8, 4) is 0 Å². The standard InChI is InChI=1S/C22H36FN7O3/c1-14-11-30(15(2)10-28(14)4)21-19(23)20(24-16(3)25-21)26-27-22(32)18(12-29(33)13-31)9-17-7-5-6-8-17/h13-15,17-18,33H,5-12H2,1-4H3,(H,27,32)(H,24,25,26)/t14-,15-,18-/m1/s1. The van der Waals surface area contributed by atoms with Crippen LogP contribution in [0.25, 0.3) is 0 Å². The van der Waals surface area contributed by atoms with Crippen molar-refractivity contribution in [3.05, 3.63) is 11.6 Å². The maximum absolute atomic E-state index is 15.4. The number of carbonyl (C=O) groups is 2. The second kappa shape index (κ2) is 11.1. The van der Waals surface area contributed by atoms with Gasteiger partial charge in [-0.1, -0.05) is 25.7 Å². The fraction of sp³-hybridized carbons (Fsp3) is 0.727. The molecule has 0 spiro atoms. The van der Waals surface area contributed by atoms with Crippen LogP contribution in [0.1, 0.15) is 51.8 Å². The highest BCUT2D eigenvalue weighted by Gasteiger charge is 2.31. The summed E-state index contributed by atoms with van der Waals surface area (Å²) in [5.74, 6) is -0.842. The van der Waals surface area contributed by atoms with Gasteiger partial charge in [0.05, 0.1) is 12.5 Å². The van der Waals surface area contributed by atoms with Gasteiger partial charge in [-0.2, -0.15) is 4.39 Å². The van der Waals surface area contributed by atoms with E-state index in [4.69, 9.17) is 0 Å². The molecule has 0 aromatic carbocycles. The first kappa shape index (κ1) is 25.1. The molecule has 11 heteroatoms. The SMILES string of the molecule is Cc1nc(NNC(=O)[C@H](CC2CCCC2)CN(O)C=O)c(F)c(N2C[C@@H](C)N(C)C[C@H]2C)n1. The third-order valence-corrected chi connectivity index (χ3v) is 6.81. The predicted octanol–water partition coefficient (Wildman–Crippen LogP) is 1.94. The lowest BCUT2D eigenvalue weighted by molar-refractivity contribution is -0.154. The highest BCUT2D eigenvalue weighted by atomic mass is 19.1. The number of nitrogens with zero attached hydrogens (tertiary/aromatic N) is 5. The molecule has 184 valence electrons. The predicted molar refractivity (Wildman–Crippen MR) is 122 cm³/mol. The molecule has 10 nitrogen and oxygen atoms in total. The number of amides is 2. The van der Waals surface area contributed by atoms with Gasteiger partial charge in [-0.05, 0) is 40.2 Å². The zero-order valence-corrected chi connectivity index (χ0v) is 19.9. The third-order valence-electron chi connectivity index (χ3n) is 6.81. The number of aromatic nitrogens is 2. The Labute approximate surface area is 194 Å². The summed E-state index contributed by atoms with van der Waals surface area (Å²) in [4.78, 5) is 36.4.